The van der Waals surface area contributed by atoms with Crippen LogP contribution in [0.2, 0.25) is 0 Å². The Bertz CT molecular complexity index is 851. The molecule has 0 radical (unpaired) electrons. The van der Waals surface area contributed by atoms with Crippen LogP contribution in [0.4, 0.5) is 5.69 Å². The van der Waals surface area contributed by atoms with Gasteiger partial charge in [0.1, 0.15) is 5.58 Å². The van der Waals surface area contributed by atoms with E-state index in [-0.39, 0.29) is 11.5 Å². The van der Waals surface area contributed by atoms with Crippen molar-refractivity contribution in [2.45, 2.75) is 0 Å². The molecule has 106 valence electrons. The zero-order valence-electron chi connectivity index (χ0n) is 11.8. The predicted molar refractivity (Wildman–Crippen MR) is 83.9 cm³/mol. The van der Waals surface area contributed by atoms with Crippen LogP contribution in [0.3, 0.4) is 0 Å². The number of aromatic hydroxyl groups is 1. The Hall–Kier alpha value is -2.75. The topological polar surface area (TPSA) is 53.7 Å². The smallest absolute Gasteiger partial charge is 0.235 e. The van der Waals surface area contributed by atoms with Crippen molar-refractivity contribution < 1.29 is 9.52 Å². The van der Waals surface area contributed by atoms with Gasteiger partial charge in [0, 0.05) is 31.4 Å². The third-order valence-corrected chi connectivity index (χ3v) is 3.40. The second kappa shape index (κ2) is 4.98. The first-order valence-electron chi connectivity index (χ1n) is 6.60. The second-order valence-corrected chi connectivity index (χ2v) is 5.05. The van der Waals surface area contributed by atoms with Crippen LogP contribution < -0.4 is 10.3 Å². The van der Waals surface area contributed by atoms with Crippen molar-refractivity contribution in [3.8, 4) is 17.1 Å². The molecular formula is C17H15NO3. The molecule has 0 spiro atoms. The molecule has 2 aromatic carbocycles. The van der Waals surface area contributed by atoms with Crippen LogP contribution in [-0.2, 0) is 0 Å². The van der Waals surface area contributed by atoms with Gasteiger partial charge in [0.25, 0.3) is 0 Å². The summed E-state index contributed by atoms with van der Waals surface area (Å²) in [6, 6.07) is 14.4. The number of hydrogen-bond donors (Lipinski definition) is 1. The third-order valence-electron chi connectivity index (χ3n) is 3.40. The van der Waals surface area contributed by atoms with Gasteiger partial charge in [0.2, 0.25) is 11.2 Å². The highest BCUT2D eigenvalue weighted by molar-refractivity contribution is 5.84. The van der Waals surface area contributed by atoms with Gasteiger partial charge in [-0.2, -0.15) is 0 Å². The van der Waals surface area contributed by atoms with Crippen LogP contribution in [0.5, 0.6) is 5.75 Å². The van der Waals surface area contributed by atoms with Crippen LogP contribution in [-0.4, -0.2) is 19.2 Å². The highest BCUT2D eigenvalue weighted by Gasteiger charge is 2.15. The molecule has 4 heteroatoms. The molecule has 0 amide bonds. The maximum Gasteiger partial charge on any atom is 0.235 e. The largest absolute Gasteiger partial charge is 0.502 e. The summed E-state index contributed by atoms with van der Waals surface area (Å²) >= 11 is 0. The van der Waals surface area contributed by atoms with Gasteiger partial charge in [0.05, 0.1) is 5.39 Å². The molecule has 0 saturated heterocycles. The van der Waals surface area contributed by atoms with E-state index >= 15 is 0 Å². The van der Waals surface area contributed by atoms with Gasteiger partial charge in [-0.3, -0.25) is 4.79 Å². The summed E-state index contributed by atoms with van der Waals surface area (Å²) in [6.07, 6.45) is 0. The maximum atomic E-state index is 12.3. The fourth-order valence-corrected chi connectivity index (χ4v) is 2.24. The van der Waals surface area contributed by atoms with Crippen LogP contribution in [0.1, 0.15) is 0 Å². The quantitative estimate of drug-likeness (QED) is 0.783. The number of benzene rings is 2. The first kappa shape index (κ1) is 13.2. The van der Waals surface area contributed by atoms with Crippen molar-refractivity contribution in [3.63, 3.8) is 0 Å². The minimum absolute atomic E-state index is 0.198. The Balaban J connectivity index is 2.32. The average Bonchev–Trinajstić information content (AvgIpc) is 2.51. The van der Waals surface area contributed by atoms with E-state index in [2.05, 4.69) is 0 Å². The molecule has 1 aromatic heterocycles. The lowest BCUT2D eigenvalue weighted by Gasteiger charge is -2.13. The summed E-state index contributed by atoms with van der Waals surface area (Å²) in [4.78, 5) is 14.2. The summed E-state index contributed by atoms with van der Waals surface area (Å²) < 4.78 is 5.77. The second-order valence-electron chi connectivity index (χ2n) is 5.05. The normalized spacial score (nSPS) is 10.8. The van der Waals surface area contributed by atoms with Gasteiger partial charge in [-0.1, -0.05) is 30.3 Å². The lowest BCUT2D eigenvalue weighted by Crippen LogP contribution is -2.09. The van der Waals surface area contributed by atoms with E-state index in [4.69, 9.17) is 4.42 Å². The van der Waals surface area contributed by atoms with Crippen molar-refractivity contribution in [2.24, 2.45) is 0 Å². The molecule has 1 N–H and O–H groups in total. The fraction of sp³-hybridized carbons (Fsp3) is 0.118. The number of fused-ring (bicyclic) bond motifs is 1. The highest BCUT2D eigenvalue weighted by atomic mass is 16.4. The molecule has 3 rings (SSSR count). The summed E-state index contributed by atoms with van der Waals surface area (Å²) in [7, 11) is 3.83. The molecule has 0 bridgehead atoms. The summed E-state index contributed by atoms with van der Waals surface area (Å²) in [6.45, 7) is 0. The van der Waals surface area contributed by atoms with Crippen molar-refractivity contribution in [2.75, 3.05) is 19.0 Å². The Morgan fingerprint density at radius 3 is 2.43 bits per heavy atom. The number of anilines is 1. The van der Waals surface area contributed by atoms with Crippen LogP contribution >= 0.6 is 0 Å². The summed E-state index contributed by atoms with van der Waals surface area (Å²) in [5.41, 5.74) is 1.64. The van der Waals surface area contributed by atoms with Gasteiger partial charge < -0.3 is 14.4 Å². The first-order valence-corrected chi connectivity index (χ1v) is 6.60. The molecule has 0 aliphatic heterocycles. The Morgan fingerprint density at radius 1 is 1.05 bits per heavy atom. The molecule has 0 fully saturated rings. The van der Waals surface area contributed by atoms with Gasteiger partial charge in [-0.15, -0.1) is 0 Å². The number of hydrogen-bond acceptors (Lipinski definition) is 4. The molecule has 0 aliphatic rings. The van der Waals surface area contributed by atoms with Gasteiger partial charge in [0.15, 0.2) is 5.76 Å². The van der Waals surface area contributed by atoms with Crippen LogP contribution in [0.15, 0.2) is 57.7 Å². The number of nitrogens with zero attached hydrogens (tertiary/aromatic N) is 1. The predicted octanol–water partition coefficient (Wildman–Crippen LogP) is 3.23. The van der Waals surface area contributed by atoms with Gasteiger partial charge in [-0.25, -0.2) is 0 Å². The van der Waals surface area contributed by atoms with E-state index in [1.807, 2.05) is 43.3 Å². The van der Waals surface area contributed by atoms with Crippen molar-refractivity contribution in [1.82, 2.24) is 0 Å². The van der Waals surface area contributed by atoms with Gasteiger partial charge in [-0.05, 0) is 12.1 Å². The van der Waals surface area contributed by atoms with Gasteiger partial charge >= 0.3 is 0 Å². The molecule has 21 heavy (non-hydrogen) atoms. The van der Waals surface area contributed by atoms with Crippen molar-refractivity contribution in [1.29, 1.82) is 0 Å². The third kappa shape index (κ3) is 2.25. The van der Waals surface area contributed by atoms with E-state index < -0.39 is 5.43 Å². The summed E-state index contributed by atoms with van der Waals surface area (Å²) in [5, 5.41) is 10.5. The monoisotopic (exact) mass is 281 g/mol. The minimum atomic E-state index is -0.416. The maximum absolute atomic E-state index is 12.3. The SMILES string of the molecule is CN(C)c1ccc2c(=O)c(O)c(-c3ccccc3)oc2c1. The number of rotatable bonds is 2. The van der Waals surface area contributed by atoms with Crippen LogP contribution in [0.25, 0.3) is 22.3 Å². The van der Waals surface area contributed by atoms with E-state index in [1.165, 1.54) is 0 Å². The average molecular weight is 281 g/mol. The lowest BCUT2D eigenvalue weighted by molar-refractivity contribution is 0.449. The van der Waals surface area contributed by atoms with Crippen LogP contribution in [0, 0.1) is 0 Å². The first-order chi connectivity index (χ1) is 10.1. The molecule has 0 atom stereocenters. The fourth-order valence-electron chi connectivity index (χ4n) is 2.24. The van der Waals surface area contributed by atoms with E-state index in [0.29, 0.717) is 16.5 Å². The van der Waals surface area contributed by atoms with E-state index in [9.17, 15) is 9.90 Å². The highest BCUT2D eigenvalue weighted by Crippen LogP contribution is 2.30. The molecular weight excluding hydrogens is 266 g/mol. The molecule has 0 unspecified atom stereocenters. The minimum Gasteiger partial charge on any atom is -0.502 e. The van der Waals surface area contributed by atoms with E-state index in [0.717, 1.165) is 5.69 Å². The van der Waals surface area contributed by atoms with Crippen molar-refractivity contribution >= 4 is 16.7 Å². The lowest BCUT2D eigenvalue weighted by atomic mass is 10.1. The zero-order chi connectivity index (χ0) is 15.0. The van der Waals surface area contributed by atoms with E-state index in [1.54, 1.807) is 24.3 Å². The summed E-state index contributed by atoms with van der Waals surface area (Å²) in [5.74, 6) is -0.157. The molecule has 4 nitrogen and oxygen atoms in total. The van der Waals surface area contributed by atoms with Crippen molar-refractivity contribution in [3.05, 3.63) is 58.8 Å². The molecule has 0 aliphatic carbocycles. The molecule has 3 aromatic rings. The molecule has 1 heterocycles. The molecule has 0 saturated carbocycles. The Kier molecular flexibility index (Phi) is 3.14. The zero-order valence-corrected chi connectivity index (χ0v) is 11.8. The Morgan fingerprint density at radius 2 is 1.76 bits per heavy atom. The Labute approximate surface area is 121 Å². The standard InChI is InChI=1S/C17H15NO3/c1-18(2)12-8-9-13-14(10-12)21-17(16(20)15(13)19)11-6-4-3-5-7-11/h3-10,20H,1-2H3.